The average molecular weight is 526 g/mol. The number of aromatic nitrogens is 1. The monoisotopic (exact) mass is 525 g/mol. The number of aryl methyl sites for hydroxylation is 3. The van der Waals surface area contributed by atoms with Crippen molar-refractivity contribution in [2.75, 3.05) is 12.4 Å². The van der Waals surface area contributed by atoms with Gasteiger partial charge in [0, 0.05) is 28.0 Å². The van der Waals surface area contributed by atoms with Gasteiger partial charge in [-0.15, -0.1) is 11.8 Å². The molecule has 4 aromatic rings. The number of fused-ring (bicyclic) bond motifs is 1. The number of benzene rings is 3. The van der Waals surface area contributed by atoms with Crippen LogP contribution in [-0.2, 0) is 25.7 Å². The molecule has 3 aromatic carbocycles. The minimum atomic E-state index is -1.37. The largest absolute Gasteiger partial charge is 0.493 e. The summed E-state index contributed by atoms with van der Waals surface area (Å²) in [6.07, 6.45) is 3.29. The highest BCUT2D eigenvalue weighted by Crippen LogP contribution is 2.33. The number of aliphatic hydroxyl groups is 2. The summed E-state index contributed by atoms with van der Waals surface area (Å²) in [6.45, 7) is 2.75. The van der Waals surface area contributed by atoms with Crippen LogP contribution in [0.3, 0.4) is 0 Å². The van der Waals surface area contributed by atoms with Crippen molar-refractivity contribution in [2.45, 2.75) is 56.6 Å². The molecule has 0 spiro atoms. The smallest absolute Gasteiger partial charge is 0.174 e. The molecule has 0 unspecified atom stereocenters. The maximum Gasteiger partial charge on any atom is 0.174 e. The van der Waals surface area contributed by atoms with E-state index in [2.05, 4.69) is 48.5 Å². The number of hydrogen-bond donors (Lipinski definition) is 2. The first-order valence-corrected chi connectivity index (χ1v) is 13.8. The van der Waals surface area contributed by atoms with E-state index < -0.39 is 6.29 Å². The highest BCUT2D eigenvalue weighted by molar-refractivity contribution is 7.99. The van der Waals surface area contributed by atoms with Gasteiger partial charge in [-0.05, 0) is 61.1 Å². The third-order valence-electron chi connectivity index (χ3n) is 5.99. The lowest BCUT2D eigenvalue weighted by Crippen LogP contribution is -2.08. The summed E-state index contributed by atoms with van der Waals surface area (Å²) in [4.78, 5) is 0.977. The van der Waals surface area contributed by atoms with Crippen LogP contribution in [0.4, 0.5) is 0 Å². The van der Waals surface area contributed by atoms with Crippen molar-refractivity contribution in [1.82, 2.24) is 5.16 Å². The summed E-state index contributed by atoms with van der Waals surface area (Å²) in [7, 11) is 0. The number of halogens is 1. The molecule has 0 aliphatic rings. The molecule has 4 rings (SSSR count). The highest BCUT2D eigenvalue weighted by atomic mass is 35.5. The summed E-state index contributed by atoms with van der Waals surface area (Å²) in [5.41, 5.74) is 5.02. The third-order valence-corrected chi connectivity index (χ3v) is 7.57. The highest BCUT2D eigenvalue weighted by Gasteiger charge is 2.16. The predicted molar refractivity (Wildman–Crippen MR) is 146 cm³/mol. The van der Waals surface area contributed by atoms with Crippen LogP contribution in [0.5, 0.6) is 5.75 Å². The van der Waals surface area contributed by atoms with E-state index in [-0.39, 0.29) is 6.42 Å². The molecule has 0 bridgehead atoms. The van der Waals surface area contributed by atoms with Crippen molar-refractivity contribution in [3.63, 3.8) is 0 Å². The second-order valence-electron chi connectivity index (χ2n) is 8.78. The lowest BCUT2D eigenvalue weighted by Gasteiger charge is -2.12. The van der Waals surface area contributed by atoms with Crippen molar-refractivity contribution in [3.05, 3.63) is 88.1 Å². The first kappa shape index (κ1) is 26.6. The third kappa shape index (κ3) is 7.04. The molecule has 190 valence electrons. The van der Waals surface area contributed by atoms with E-state index in [1.54, 1.807) is 17.8 Å². The van der Waals surface area contributed by atoms with Gasteiger partial charge in [-0.1, -0.05) is 66.5 Å². The van der Waals surface area contributed by atoms with Crippen molar-refractivity contribution in [2.24, 2.45) is 0 Å². The maximum absolute atomic E-state index is 9.12. The van der Waals surface area contributed by atoms with E-state index in [9.17, 15) is 0 Å². The second kappa shape index (κ2) is 13.2. The molecule has 2 N–H and O–H groups in total. The Hall–Kier alpha value is -2.51. The molecule has 7 heteroatoms. The molecule has 36 heavy (non-hydrogen) atoms. The number of hydrogen-bond acceptors (Lipinski definition) is 6. The number of aliphatic hydroxyl groups excluding tert-OH is 1. The Labute approximate surface area is 221 Å². The van der Waals surface area contributed by atoms with Crippen LogP contribution >= 0.6 is 23.4 Å². The number of rotatable bonds is 13. The Kier molecular flexibility index (Phi) is 9.70. The van der Waals surface area contributed by atoms with Gasteiger partial charge in [-0.2, -0.15) is 0 Å². The number of thioether (sulfide) groups is 1. The van der Waals surface area contributed by atoms with E-state index in [4.69, 9.17) is 31.1 Å². The predicted octanol–water partition coefficient (Wildman–Crippen LogP) is 6.63. The Morgan fingerprint density at radius 1 is 1.00 bits per heavy atom. The normalized spacial score (nSPS) is 11.5. The molecule has 0 atom stereocenters. The van der Waals surface area contributed by atoms with Crippen molar-refractivity contribution < 1.29 is 19.5 Å². The minimum Gasteiger partial charge on any atom is -0.493 e. The molecule has 5 nitrogen and oxygen atoms in total. The lowest BCUT2D eigenvalue weighted by atomic mass is 10.0. The Morgan fingerprint density at radius 2 is 1.83 bits per heavy atom. The quantitative estimate of drug-likeness (QED) is 0.116. The van der Waals surface area contributed by atoms with E-state index in [1.165, 1.54) is 5.56 Å². The van der Waals surface area contributed by atoms with Crippen LogP contribution in [0.25, 0.3) is 11.0 Å². The zero-order chi connectivity index (χ0) is 25.3. The van der Waals surface area contributed by atoms with Crippen LogP contribution in [0.15, 0.2) is 70.1 Å². The van der Waals surface area contributed by atoms with Crippen LogP contribution < -0.4 is 4.74 Å². The molecular weight excluding hydrogens is 494 g/mol. The van der Waals surface area contributed by atoms with Gasteiger partial charge in [0.25, 0.3) is 0 Å². The number of nitrogens with zero attached hydrogens (tertiary/aromatic N) is 1. The van der Waals surface area contributed by atoms with Crippen molar-refractivity contribution in [3.8, 4) is 5.75 Å². The molecule has 1 aromatic heterocycles. The van der Waals surface area contributed by atoms with Gasteiger partial charge in [-0.25, -0.2) is 0 Å². The van der Waals surface area contributed by atoms with E-state index in [1.807, 2.05) is 18.2 Å². The fraction of sp³-hybridized carbons (Fsp3) is 0.345. The second-order valence-corrected chi connectivity index (χ2v) is 10.3. The molecular formula is C29H32ClNO4S. The molecule has 0 fully saturated rings. The topological polar surface area (TPSA) is 75.7 Å². The van der Waals surface area contributed by atoms with Crippen LogP contribution in [-0.4, -0.2) is 34.0 Å². The van der Waals surface area contributed by atoms with Crippen LogP contribution in [0.1, 0.15) is 42.1 Å². The standard InChI is InChI=1S/C29H32ClNO4S/c1-2-7-23-26(34-16-6-17-36-27-15-11-21(18-24(27)30)19-28(32)33)14-12-22-25(31-35-29(22)23)13-10-20-8-4-3-5-9-20/h3-5,8-9,11-12,14-15,18,28,32-33H,2,6-7,10,13,16-17,19H2,1H3. The molecule has 0 radical (unpaired) electrons. The Bertz CT molecular complexity index is 1260. The van der Waals surface area contributed by atoms with Crippen molar-refractivity contribution in [1.29, 1.82) is 0 Å². The molecule has 0 aliphatic carbocycles. The van der Waals surface area contributed by atoms with E-state index >= 15 is 0 Å². The zero-order valence-corrected chi connectivity index (χ0v) is 22.0. The molecule has 1 heterocycles. The summed E-state index contributed by atoms with van der Waals surface area (Å²) in [5, 5.41) is 24.3. The summed E-state index contributed by atoms with van der Waals surface area (Å²) in [5.74, 6) is 1.73. The average Bonchev–Trinajstić information content (AvgIpc) is 3.28. The minimum absolute atomic E-state index is 0.169. The zero-order valence-electron chi connectivity index (χ0n) is 20.5. The number of ether oxygens (including phenoxy) is 1. The Morgan fingerprint density at radius 3 is 2.58 bits per heavy atom. The van der Waals surface area contributed by atoms with E-state index in [0.29, 0.717) is 11.6 Å². The van der Waals surface area contributed by atoms with E-state index in [0.717, 1.165) is 76.3 Å². The fourth-order valence-corrected chi connectivity index (χ4v) is 5.43. The van der Waals surface area contributed by atoms with Gasteiger partial charge >= 0.3 is 0 Å². The molecule has 0 aliphatic heterocycles. The Balaban J connectivity index is 1.34. The molecule has 0 saturated carbocycles. The van der Waals surface area contributed by atoms with Crippen LogP contribution in [0, 0.1) is 0 Å². The first-order chi connectivity index (χ1) is 17.5. The van der Waals surface area contributed by atoms with Gasteiger partial charge < -0.3 is 19.5 Å². The van der Waals surface area contributed by atoms with Gasteiger partial charge in [0.1, 0.15) is 5.75 Å². The molecule has 0 amide bonds. The van der Waals surface area contributed by atoms with Gasteiger partial charge in [0.05, 0.1) is 17.3 Å². The van der Waals surface area contributed by atoms with Crippen molar-refractivity contribution >= 4 is 34.3 Å². The first-order valence-electron chi connectivity index (χ1n) is 12.4. The SMILES string of the molecule is CCCc1c(OCCCSc2ccc(CC(O)O)cc2Cl)ccc2c(CCc3ccccc3)noc12. The summed E-state index contributed by atoms with van der Waals surface area (Å²) < 4.78 is 12.0. The summed E-state index contributed by atoms with van der Waals surface area (Å²) >= 11 is 8.03. The van der Waals surface area contributed by atoms with Crippen LogP contribution in [0.2, 0.25) is 5.02 Å². The molecule has 0 saturated heterocycles. The maximum atomic E-state index is 9.12. The van der Waals surface area contributed by atoms with Gasteiger partial charge in [-0.3, -0.25) is 0 Å². The fourth-order valence-electron chi connectivity index (χ4n) is 4.22. The summed E-state index contributed by atoms with van der Waals surface area (Å²) in [6, 6.07) is 20.2. The lowest BCUT2D eigenvalue weighted by molar-refractivity contribution is -0.0381. The van der Waals surface area contributed by atoms with Gasteiger partial charge in [0.2, 0.25) is 0 Å². The van der Waals surface area contributed by atoms with Gasteiger partial charge in [0.15, 0.2) is 11.9 Å².